The van der Waals surface area contributed by atoms with Crippen LogP contribution in [0.15, 0.2) is 42.5 Å². The molecule has 146 valence electrons. The van der Waals surface area contributed by atoms with Crippen molar-refractivity contribution in [2.45, 2.75) is 13.3 Å². The van der Waals surface area contributed by atoms with Gasteiger partial charge in [-0.05, 0) is 30.2 Å². The Hall–Kier alpha value is -3.06. The third-order valence-corrected chi connectivity index (χ3v) is 5.29. The van der Waals surface area contributed by atoms with Gasteiger partial charge in [0.05, 0.1) is 38.3 Å². The van der Waals surface area contributed by atoms with Gasteiger partial charge in [-0.25, -0.2) is 4.98 Å². The van der Waals surface area contributed by atoms with Crippen molar-refractivity contribution in [2.75, 3.05) is 26.6 Å². The molecule has 28 heavy (non-hydrogen) atoms. The van der Waals surface area contributed by atoms with Gasteiger partial charge >= 0.3 is 0 Å². The van der Waals surface area contributed by atoms with E-state index in [1.54, 1.807) is 33.5 Å². The quantitative estimate of drug-likeness (QED) is 0.642. The summed E-state index contributed by atoms with van der Waals surface area (Å²) in [5.41, 5.74) is 2.73. The van der Waals surface area contributed by atoms with E-state index in [1.807, 2.05) is 37.3 Å². The van der Waals surface area contributed by atoms with Gasteiger partial charge in [0.2, 0.25) is 11.7 Å². The van der Waals surface area contributed by atoms with Crippen LogP contribution in [0.25, 0.3) is 10.4 Å². The summed E-state index contributed by atoms with van der Waals surface area (Å²) in [6.45, 7) is 1.94. The van der Waals surface area contributed by atoms with Crippen molar-refractivity contribution in [2.24, 2.45) is 0 Å². The van der Waals surface area contributed by atoms with Crippen LogP contribution in [0, 0.1) is 6.92 Å². The predicted molar refractivity (Wildman–Crippen MR) is 111 cm³/mol. The number of ether oxygens (including phenoxy) is 3. The molecular formula is C21H22N2O4S. The zero-order chi connectivity index (χ0) is 20.1. The molecule has 0 saturated carbocycles. The molecule has 1 N–H and O–H groups in total. The second-order valence-corrected chi connectivity index (χ2v) is 7.06. The molecule has 0 bridgehead atoms. The standard InChI is InChI=1S/C21H22N2O4S/c1-13-20(15-8-6-5-7-9-15)28-21(22-13)23-18(24)12-14-10-16(25-2)19(27-4)17(11-14)26-3/h5-11H,12H2,1-4H3,(H,22,23,24). The summed E-state index contributed by atoms with van der Waals surface area (Å²) in [5.74, 6) is 1.36. The Morgan fingerprint density at radius 3 is 2.25 bits per heavy atom. The fourth-order valence-electron chi connectivity index (χ4n) is 2.89. The predicted octanol–water partition coefficient (Wildman–Crippen LogP) is 4.33. The van der Waals surface area contributed by atoms with Crippen LogP contribution in [0.1, 0.15) is 11.3 Å². The average molecular weight is 398 g/mol. The molecule has 1 aromatic heterocycles. The van der Waals surface area contributed by atoms with E-state index in [0.717, 1.165) is 21.7 Å². The smallest absolute Gasteiger partial charge is 0.230 e. The molecule has 3 aromatic rings. The van der Waals surface area contributed by atoms with Crippen LogP contribution in [0.5, 0.6) is 17.2 Å². The van der Waals surface area contributed by atoms with Crippen molar-refractivity contribution in [1.82, 2.24) is 4.98 Å². The third kappa shape index (κ3) is 4.26. The average Bonchev–Trinajstić information content (AvgIpc) is 3.07. The Morgan fingerprint density at radius 1 is 1.04 bits per heavy atom. The number of anilines is 1. The molecular weight excluding hydrogens is 376 g/mol. The van der Waals surface area contributed by atoms with Crippen LogP contribution in [0.4, 0.5) is 5.13 Å². The van der Waals surface area contributed by atoms with Crippen molar-refractivity contribution in [3.63, 3.8) is 0 Å². The lowest BCUT2D eigenvalue weighted by molar-refractivity contribution is -0.115. The van der Waals surface area contributed by atoms with Gasteiger partial charge in [0.25, 0.3) is 0 Å². The normalized spacial score (nSPS) is 10.4. The van der Waals surface area contributed by atoms with Gasteiger partial charge in [-0.3, -0.25) is 4.79 Å². The monoisotopic (exact) mass is 398 g/mol. The highest BCUT2D eigenvalue weighted by molar-refractivity contribution is 7.19. The first kappa shape index (κ1) is 19.7. The van der Waals surface area contributed by atoms with Gasteiger partial charge < -0.3 is 19.5 Å². The van der Waals surface area contributed by atoms with E-state index in [2.05, 4.69) is 10.3 Å². The Balaban J connectivity index is 1.76. The molecule has 6 nitrogen and oxygen atoms in total. The van der Waals surface area contributed by atoms with E-state index in [-0.39, 0.29) is 12.3 Å². The number of aromatic nitrogens is 1. The Bertz CT molecular complexity index is 945. The zero-order valence-corrected chi connectivity index (χ0v) is 17.1. The number of nitrogens with one attached hydrogen (secondary N) is 1. The largest absolute Gasteiger partial charge is 0.493 e. The second kappa shape index (κ2) is 8.75. The minimum atomic E-state index is -0.164. The summed E-state index contributed by atoms with van der Waals surface area (Å²) in [5, 5.41) is 3.46. The van der Waals surface area contributed by atoms with E-state index in [0.29, 0.717) is 22.4 Å². The number of benzene rings is 2. The summed E-state index contributed by atoms with van der Waals surface area (Å²) < 4.78 is 16.0. The van der Waals surface area contributed by atoms with Crippen LogP contribution >= 0.6 is 11.3 Å². The number of carbonyl (C=O) groups is 1. The number of carbonyl (C=O) groups excluding carboxylic acids is 1. The van der Waals surface area contributed by atoms with Gasteiger partial charge in [-0.1, -0.05) is 41.7 Å². The summed E-state index contributed by atoms with van der Waals surface area (Å²) in [7, 11) is 4.64. The van der Waals surface area contributed by atoms with E-state index in [1.165, 1.54) is 11.3 Å². The van der Waals surface area contributed by atoms with Crippen LogP contribution in [-0.2, 0) is 11.2 Å². The Labute approximate surface area is 168 Å². The molecule has 0 fully saturated rings. The van der Waals surface area contributed by atoms with Gasteiger partial charge in [0.1, 0.15) is 0 Å². The first-order valence-electron chi connectivity index (χ1n) is 8.67. The molecule has 3 rings (SSSR count). The van der Waals surface area contributed by atoms with Crippen molar-refractivity contribution < 1.29 is 19.0 Å². The van der Waals surface area contributed by atoms with Crippen LogP contribution in [-0.4, -0.2) is 32.2 Å². The molecule has 7 heteroatoms. The Kier molecular flexibility index (Phi) is 6.16. The van der Waals surface area contributed by atoms with E-state index < -0.39 is 0 Å². The lowest BCUT2D eigenvalue weighted by Gasteiger charge is -2.13. The molecule has 1 heterocycles. The minimum Gasteiger partial charge on any atom is -0.493 e. The molecule has 0 saturated heterocycles. The third-order valence-electron chi connectivity index (χ3n) is 4.17. The number of aryl methyl sites for hydroxylation is 1. The Morgan fingerprint density at radius 2 is 1.68 bits per heavy atom. The molecule has 1 amide bonds. The van der Waals surface area contributed by atoms with E-state index >= 15 is 0 Å². The van der Waals surface area contributed by atoms with Crippen molar-refractivity contribution in [3.05, 3.63) is 53.7 Å². The molecule has 0 aliphatic heterocycles. The topological polar surface area (TPSA) is 69.7 Å². The number of thiazole rings is 1. The van der Waals surface area contributed by atoms with Gasteiger partial charge in [-0.2, -0.15) is 0 Å². The van der Waals surface area contributed by atoms with Crippen molar-refractivity contribution in [3.8, 4) is 27.7 Å². The lowest BCUT2D eigenvalue weighted by Crippen LogP contribution is -2.14. The van der Waals surface area contributed by atoms with Crippen molar-refractivity contribution in [1.29, 1.82) is 0 Å². The van der Waals surface area contributed by atoms with Crippen LogP contribution in [0.2, 0.25) is 0 Å². The maximum absolute atomic E-state index is 12.5. The first-order chi connectivity index (χ1) is 13.5. The number of methoxy groups -OCH3 is 3. The lowest BCUT2D eigenvalue weighted by atomic mass is 10.1. The molecule has 0 radical (unpaired) electrons. The zero-order valence-electron chi connectivity index (χ0n) is 16.2. The SMILES string of the molecule is COc1cc(CC(=O)Nc2nc(C)c(-c3ccccc3)s2)cc(OC)c1OC. The second-order valence-electron chi connectivity index (χ2n) is 6.06. The highest BCUT2D eigenvalue weighted by Crippen LogP contribution is 2.38. The summed E-state index contributed by atoms with van der Waals surface area (Å²) in [4.78, 5) is 18.1. The molecule has 0 spiro atoms. The number of nitrogens with zero attached hydrogens (tertiary/aromatic N) is 1. The summed E-state index contributed by atoms with van der Waals surface area (Å²) in [6, 6.07) is 13.5. The van der Waals surface area contributed by atoms with E-state index in [4.69, 9.17) is 14.2 Å². The molecule has 2 aromatic carbocycles. The van der Waals surface area contributed by atoms with Crippen LogP contribution < -0.4 is 19.5 Å². The minimum absolute atomic E-state index is 0.163. The highest BCUT2D eigenvalue weighted by atomic mass is 32.1. The fourth-order valence-corrected chi connectivity index (χ4v) is 3.88. The number of amides is 1. The van der Waals surface area contributed by atoms with Crippen LogP contribution in [0.3, 0.4) is 0 Å². The number of rotatable bonds is 7. The molecule has 0 atom stereocenters. The number of hydrogen-bond donors (Lipinski definition) is 1. The van der Waals surface area contributed by atoms with Gasteiger partial charge in [0, 0.05) is 0 Å². The maximum Gasteiger partial charge on any atom is 0.230 e. The van der Waals surface area contributed by atoms with Crippen molar-refractivity contribution >= 4 is 22.4 Å². The van der Waals surface area contributed by atoms with E-state index in [9.17, 15) is 4.79 Å². The highest BCUT2D eigenvalue weighted by Gasteiger charge is 2.16. The summed E-state index contributed by atoms with van der Waals surface area (Å²) >= 11 is 1.46. The summed E-state index contributed by atoms with van der Waals surface area (Å²) in [6.07, 6.45) is 0.163. The molecule has 0 aliphatic rings. The maximum atomic E-state index is 12.5. The number of hydrogen-bond acceptors (Lipinski definition) is 6. The fraction of sp³-hybridized carbons (Fsp3) is 0.238. The molecule has 0 aliphatic carbocycles. The van der Waals surface area contributed by atoms with Gasteiger partial charge in [-0.15, -0.1) is 0 Å². The molecule has 0 unspecified atom stereocenters. The first-order valence-corrected chi connectivity index (χ1v) is 9.49. The van der Waals surface area contributed by atoms with Gasteiger partial charge in [0.15, 0.2) is 16.6 Å².